The number of likely N-dealkylation sites (tertiary alicyclic amines) is 1. The highest BCUT2D eigenvalue weighted by Gasteiger charge is 2.16. The lowest BCUT2D eigenvalue weighted by atomic mass is 10.1. The quantitative estimate of drug-likeness (QED) is 0.794. The van der Waals surface area contributed by atoms with E-state index in [1.165, 1.54) is 18.4 Å². The summed E-state index contributed by atoms with van der Waals surface area (Å²) in [5.74, 6) is 0. The molecule has 0 aromatic heterocycles. The molecule has 2 aromatic rings. The Bertz CT molecular complexity index is 785. The van der Waals surface area contributed by atoms with Gasteiger partial charge in [0.1, 0.15) is 0 Å². The summed E-state index contributed by atoms with van der Waals surface area (Å²) in [5, 5.41) is 0. The zero-order valence-electron chi connectivity index (χ0n) is 13.4. The zero-order valence-corrected chi connectivity index (χ0v) is 15.8. The second-order valence-corrected chi connectivity index (χ2v) is 8.71. The molecule has 6 heteroatoms. The Morgan fingerprint density at radius 3 is 2.25 bits per heavy atom. The lowest BCUT2D eigenvalue weighted by molar-refractivity contribution is 0.330. The van der Waals surface area contributed by atoms with Crippen molar-refractivity contribution >= 4 is 26.0 Å². The Kier molecular flexibility index (Phi) is 5.71. The van der Waals surface area contributed by atoms with Gasteiger partial charge in [-0.2, -0.15) is 0 Å². The van der Waals surface area contributed by atoms with Crippen LogP contribution in [0.2, 0.25) is 0 Å². The van der Waals surface area contributed by atoms with Crippen LogP contribution in [0.15, 0.2) is 57.9 Å². The molecule has 3 rings (SSSR count). The minimum Gasteiger partial charge on any atom is -0.299 e. The highest BCUT2D eigenvalue weighted by Crippen LogP contribution is 2.18. The molecule has 0 unspecified atom stereocenters. The van der Waals surface area contributed by atoms with Crippen LogP contribution in [0.1, 0.15) is 24.0 Å². The summed E-state index contributed by atoms with van der Waals surface area (Å²) in [5.41, 5.74) is 2.22. The normalized spacial score (nSPS) is 15.7. The monoisotopic (exact) mass is 408 g/mol. The van der Waals surface area contributed by atoms with Crippen molar-refractivity contribution < 1.29 is 8.42 Å². The summed E-state index contributed by atoms with van der Waals surface area (Å²) in [4.78, 5) is 2.70. The fourth-order valence-corrected chi connectivity index (χ4v) is 4.21. The van der Waals surface area contributed by atoms with E-state index < -0.39 is 10.0 Å². The van der Waals surface area contributed by atoms with Crippen LogP contribution >= 0.6 is 15.9 Å². The van der Waals surface area contributed by atoms with E-state index in [2.05, 4.69) is 31.6 Å². The summed E-state index contributed by atoms with van der Waals surface area (Å²) in [6, 6.07) is 14.7. The molecule has 1 N–H and O–H groups in total. The van der Waals surface area contributed by atoms with Crippen LogP contribution in [0.3, 0.4) is 0 Å². The summed E-state index contributed by atoms with van der Waals surface area (Å²) in [7, 11) is -3.50. The van der Waals surface area contributed by atoms with Crippen molar-refractivity contribution in [1.82, 2.24) is 9.62 Å². The Morgan fingerprint density at radius 2 is 1.58 bits per heavy atom. The van der Waals surface area contributed by atoms with Gasteiger partial charge in [0.25, 0.3) is 0 Å². The molecule has 0 bridgehead atoms. The second-order valence-electron chi connectivity index (χ2n) is 6.03. The van der Waals surface area contributed by atoms with Gasteiger partial charge in [0.2, 0.25) is 10.0 Å². The molecular weight excluding hydrogens is 388 g/mol. The van der Waals surface area contributed by atoms with Crippen molar-refractivity contribution in [3.8, 4) is 0 Å². The smallest absolute Gasteiger partial charge is 0.240 e. The minimum atomic E-state index is -3.50. The van der Waals surface area contributed by atoms with Crippen molar-refractivity contribution in [2.45, 2.75) is 30.8 Å². The van der Waals surface area contributed by atoms with E-state index in [1.54, 1.807) is 24.3 Å². The predicted octanol–water partition coefficient (Wildman–Crippen LogP) is 3.52. The first-order chi connectivity index (χ1) is 11.5. The third-order valence-electron chi connectivity index (χ3n) is 4.29. The molecule has 24 heavy (non-hydrogen) atoms. The average molecular weight is 409 g/mol. The van der Waals surface area contributed by atoms with Gasteiger partial charge in [-0.1, -0.05) is 40.2 Å². The topological polar surface area (TPSA) is 49.4 Å². The molecule has 0 atom stereocenters. The minimum absolute atomic E-state index is 0.280. The third-order valence-corrected chi connectivity index (χ3v) is 6.23. The standard InChI is InChI=1S/C18H21BrN2O2S/c19-17-7-9-18(10-8-17)24(22,23)20-13-15-5-1-2-6-16(15)14-21-11-3-4-12-21/h1-2,5-10,20H,3-4,11-14H2. The maximum atomic E-state index is 12.4. The SMILES string of the molecule is O=S(=O)(NCc1ccccc1CN1CCCC1)c1ccc(Br)cc1. The van der Waals surface area contributed by atoms with Gasteiger partial charge in [-0.3, -0.25) is 4.90 Å². The van der Waals surface area contributed by atoms with E-state index in [0.717, 1.165) is 29.7 Å². The lowest BCUT2D eigenvalue weighted by Crippen LogP contribution is -2.25. The zero-order chi connectivity index (χ0) is 17.0. The predicted molar refractivity (Wildman–Crippen MR) is 99.1 cm³/mol. The number of nitrogens with zero attached hydrogens (tertiary/aromatic N) is 1. The molecule has 128 valence electrons. The number of halogens is 1. The maximum absolute atomic E-state index is 12.4. The number of sulfonamides is 1. The first kappa shape index (κ1) is 17.6. The van der Waals surface area contributed by atoms with Gasteiger partial charge in [-0.25, -0.2) is 13.1 Å². The lowest BCUT2D eigenvalue weighted by Gasteiger charge is -2.17. The number of rotatable bonds is 6. The van der Waals surface area contributed by atoms with Gasteiger partial charge in [-0.05, 0) is 61.3 Å². The van der Waals surface area contributed by atoms with Gasteiger partial charge in [-0.15, -0.1) is 0 Å². The van der Waals surface area contributed by atoms with Crippen LogP contribution in [-0.4, -0.2) is 26.4 Å². The summed E-state index contributed by atoms with van der Waals surface area (Å²) in [6.45, 7) is 3.44. The van der Waals surface area contributed by atoms with E-state index in [1.807, 2.05) is 18.2 Å². The average Bonchev–Trinajstić information content (AvgIpc) is 3.08. The number of benzene rings is 2. The first-order valence-corrected chi connectivity index (χ1v) is 10.4. The molecule has 1 saturated heterocycles. The Hall–Kier alpha value is -1.21. The molecule has 0 aliphatic carbocycles. The fraction of sp³-hybridized carbons (Fsp3) is 0.333. The molecule has 1 aliphatic rings. The van der Waals surface area contributed by atoms with Crippen LogP contribution in [0.25, 0.3) is 0 Å². The number of hydrogen-bond donors (Lipinski definition) is 1. The maximum Gasteiger partial charge on any atom is 0.240 e. The third kappa shape index (κ3) is 4.45. The summed E-state index contributed by atoms with van der Waals surface area (Å²) < 4.78 is 28.4. The Balaban J connectivity index is 1.70. The van der Waals surface area contributed by atoms with Gasteiger partial charge in [0.15, 0.2) is 0 Å². The first-order valence-electron chi connectivity index (χ1n) is 8.09. The van der Waals surface area contributed by atoms with E-state index in [-0.39, 0.29) is 4.90 Å². The van der Waals surface area contributed by atoms with E-state index in [9.17, 15) is 8.42 Å². The van der Waals surface area contributed by atoms with Crippen molar-refractivity contribution in [1.29, 1.82) is 0 Å². The van der Waals surface area contributed by atoms with Crippen LogP contribution in [0.4, 0.5) is 0 Å². The molecule has 4 nitrogen and oxygen atoms in total. The Morgan fingerprint density at radius 1 is 0.958 bits per heavy atom. The Labute approximate surface area is 152 Å². The molecule has 1 fully saturated rings. The van der Waals surface area contributed by atoms with Crippen LogP contribution in [0.5, 0.6) is 0 Å². The molecule has 0 amide bonds. The number of hydrogen-bond acceptors (Lipinski definition) is 3. The fourth-order valence-electron chi connectivity index (χ4n) is 2.94. The molecule has 2 aromatic carbocycles. The van der Waals surface area contributed by atoms with E-state index in [0.29, 0.717) is 6.54 Å². The van der Waals surface area contributed by atoms with Gasteiger partial charge in [0, 0.05) is 17.6 Å². The van der Waals surface area contributed by atoms with Crippen molar-refractivity contribution in [2.24, 2.45) is 0 Å². The highest BCUT2D eigenvalue weighted by molar-refractivity contribution is 9.10. The molecule has 1 heterocycles. The highest BCUT2D eigenvalue weighted by atomic mass is 79.9. The second kappa shape index (κ2) is 7.78. The van der Waals surface area contributed by atoms with Crippen LogP contribution in [-0.2, 0) is 23.1 Å². The summed E-state index contributed by atoms with van der Waals surface area (Å²) in [6.07, 6.45) is 2.50. The molecule has 0 spiro atoms. The van der Waals surface area contributed by atoms with E-state index >= 15 is 0 Å². The molecule has 0 saturated carbocycles. The molecular formula is C18H21BrN2O2S. The van der Waals surface area contributed by atoms with E-state index in [4.69, 9.17) is 0 Å². The van der Waals surface area contributed by atoms with Crippen LogP contribution in [0, 0.1) is 0 Å². The van der Waals surface area contributed by atoms with Gasteiger partial charge in [0.05, 0.1) is 4.90 Å². The van der Waals surface area contributed by atoms with Gasteiger partial charge < -0.3 is 0 Å². The largest absolute Gasteiger partial charge is 0.299 e. The summed E-state index contributed by atoms with van der Waals surface area (Å²) >= 11 is 3.32. The number of nitrogens with one attached hydrogen (secondary N) is 1. The molecule has 1 aliphatic heterocycles. The van der Waals surface area contributed by atoms with Crippen molar-refractivity contribution in [3.05, 3.63) is 64.1 Å². The van der Waals surface area contributed by atoms with Crippen molar-refractivity contribution in [2.75, 3.05) is 13.1 Å². The molecule has 0 radical (unpaired) electrons. The van der Waals surface area contributed by atoms with Crippen molar-refractivity contribution in [3.63, 3.8) is 0 Å². The van der Waals surface area contributed by atoms with Gasteiger partial charge >= 0.3 is 0 Å². The van der Waals surface area contributed by atoms with Crippen LogP contribution < -0.4 is 4.72 Å².